The van der Waals surface area contributed by atoms with Gasteiger partial charge in [-0.1, -0.05) is 11.6 Å². The van der Waals surface area contributed by atoms with Crippen molar-refractivity contribution in [3.8, 4) is 0 Å². The molecule has 0 aliphatic heterocycles. The molecule has 2 nitrogen and oxygen atoms in total. The number of rotatable bonds is 4. The molecule has 0 aliphatic rings. The molecule has 0 amide bonds. The van der Waals surface area contributed by atoms with E-state index in [-0.39, 0.29) is 11.9 Å². The molecule has 0 saturated carbocycles. The van der Waals surface area contributed by atoms with Crippen molar-refractivity contribution >= 4 is 11.6 Å². The van der Waals surface area contributed by atoms with Crippen molar-refractivity contribution < 1.29 is 4.39 Å². The van der Waals surface area contributed by atoms with Crippen LogP contribution in [-0.2, 0) is 6.54 Å². The summed E-state index contributed by atoms with van der Waals surface area (Å²) < 4.78 is 13.5. The molecule has 0 spiro atoms. The lowest BCUT2D eigenvalue weighted by Gasteiger charge is -2.14. The van der Waals surface area contributed by atoms with Crippen molar-refractivity contribution in [1.29, 1.82) is 0 Å². The number of hydrogen-bond donors (Lipinski definition) is 1. The van der Waals surface area contributed by atoms with Crippen LogP contribution in [0.25, 0.3) is 0 Å². The van der Waals surface area contributed by atoms with Gasteiger partial charge in [0.15, 0.2) is 0 Å². The van der Waals surface area contributed by atoms with Crippen LogP contribution in [0.1, 0.15) is 24.1 Å². The van der Waals surface area contributed by atoms with Crippen LogP contribution in [0.2, 0.25) is 5.02 Å². The Bertz CT molecular complexity index is 516. The summed E-state index contributed by atoms with van der Waals surface area (Å²) in [6.07, 6.45) is 3.49. The van der Waals surface area contributed by atoms with Crippen molar-refractivity contribution in [3.05, 3.63) is 64.7 Å². The molecule has 94 valence electrons. The van der Waals surface area contributed by atoms with Crippen LogP contribution < -0.4 is 5.32 Å². The topological polar surface area (TPSA) is 24.9 Å². The van der Waals surface area contributed by atoms with E-state index >= 15 is 0 Å². The Morgan fingerprint density at radius 1 is 1.28 bits per heavy atom. The van der Waals surface area contributed by atoms with E-state index in [1.165, 1.54) is 6.07 Å². The highest BCUT2D eigenvalue weighted by Gasteiger charge is 2.07. The van der Waals surface area contributed by atoms with Crippen molar-refractivity contribution in [2.24, 2.45) is 0 Å². The second kappa shape index (κ2) is 5.94. The zero-order chi connectivity index (χ0) is 13.0. The number of aromatic nitrogens is 1. The largest absolute Gasteiger partial charge is 0.306 e. The SMILES string of the molecule is C[C@H](NCc1cc(Cl)ccc1F)c1ccncc1. The van der Waals surface area contributed by atoms with Gasteiger partial charge in [0, 0.05) is 35.6 Å². The van der Waals surface area contributed by atoms with Gasteiger partial charge in [0.25, 0.3) is 0 Å². The second-order valence-electron chi connectivity index (χ2n) is 4.12. The third-order valence-corrected chi connectivity index (χ3v) is 3.05. The van der Waals surface area contributed by atoms with Gasteiger partial charge in [-0.05, 0) is 42.8 Å². The molecule has 0 radical (unpaired) electrons. The van der Waals surface area contributed by atoms with Gasteiger partial charge < -0.3 is 5.32 Å². The number of nitrogens with one attached hydrogen (secondary N) is 1. The smallest absolute Gasteiger partial charge is 0.127 e. The van der Waals surface area contributed by atoms with Gasteiger partial charge in [0.1, 0.15) is 5.82 Å². The van der Waals surface area contributed by atoms with Crippen LogP contribution in [0.5, 0.6) is 0 Å². The number of halogens is 2. The van der Waals surface area contributed by atoms with Crippen LogP contribution in [0.3, 0.4) is 0 Å². The van der Waals surface area contributed by atoms with E-state index in [1.54, 1.807) is 24.5 Å². The Hall–Kier alpha value is -1.45. The summed E-state index contributed by atoms with van der Waals surface area (Å²) in [5.74, 6) is -0.242. The standard InChI is InChI=1S/C14H14ClFN2/c1-10(11-4-6-17-7-5-11)18-9-12-8-13(15)2-3-14(12)16/h2-8,10,18H,9H2,1H3/t10-/m0/s1. The number of benzene rings is 1. The Kier molecular flexibility index (Phi) is 4.28. The van der Waals surface area contributed by atoms with E-state index in [0.29, 0.717) is 17.1 Å². The molecule has 1 N–H and O–H groups in total. The third kappa shape index (κ3) is 3.28. The van der Waals surface area contributed by atoms with E-state index in [0.717, 1.165) is 5.56 Å². The molecular formula is C14H14ClFN2. The van der Waals surface area contributed by atoms with Gasteiger partial charge in [-0.2, -0.15) is 0 Å². The summed E-state index contributed by atoms with van der Waals surface area (Å²) >= 11 is 5.85. The first-order chi connectivity index (χ1) is 8.66. The van der Waals surface area contributed by atoms with Crippen molar-refractivity contribution in [2.45, 2.75) is 19.5 Å². The zero-order valence-electron chi connectivity index (χ0n) is 10.0. The molecule has 18 heavy (non-hydrogen) atoms. The number of pyridine rings is 1. The van der Waals surface area contributed by atoms with Crippen LogP contribution in [-0.4, -0.2) is 4.98 Å². The molecule has 0 aliphatic carbocycles. The van der Waals surface area contributed by atoms with Gasteiger partial charge in [-0.3, -0.25) is 4.98 Å². The summed E-state index contributed by atoms with van der Waals surface area (Å²) in [4.78, 5) is 3.97. The fourth-order valence-electron chi connectivity index (χ4n) is 1.71. The van der Waals surface area contributed by atoms with Crippen molar-refractivity contribution in [1.82, 2.24) is 10.3 Å². The first-order valence-corrected chi connectivity index (χ1v) is 6.12. The van der Waals surface area contributed by atoms with Crippen LogP contribution in [0.15, 0.2) is 42.7 Å². The first kappa shape index (κ1) is 13.0. The molecule has 2 aromatic rings. The molecule has 1 heterocycles. The third-order valence-electron chi connectivity index (χ3n) is 2.81. The molecular weight excluding hydrogens is 251 g/mol. The van der Waals surface area contributed by atoms with Crippen LogP contribution in [0.4, 0.5) is 4.39 Å². The first-order valence-electron chi connectivity index (χ1n) is 5.74. The fourth-order valence-corrected chi connectivity index (χ4v) is 1.91. The molecule has 1 aromatic heterocycles. The maximum absolute atomic E-state index is 13.5. The monoisotopic (exact) mass is 264 g/mol. The predicted octanol–water partition coefficient (Wildman–Crippen LogP) is 3.72. The molecule has 0 bridgehead atoms. The lowest BCUT2D eigenvalue weighted by molar-refractivity contribution is 0.544. The zero-order valence-corrected chi connectivity index (χ0v) is 10.8. The highest BCUT2D eigenvalue weighted by atomic mass is 35.5. The molecule has 0 saturated heterocycles. The van der Waals surface area contributed by atoms with Gasteiger partial charge in [-0.25, -0.2) is 4.39 Å². The Balaban J connectivity index is 2.01. The van der Waals surface area contributed by atoms with Crippen LogP contribution in [0, 0.1) is 5.82 Å². The molecule has 4 heteroatoms. The summed E-state index contributed by atoms with van der Waals surface area (Å²) in [6.45, 7) is 2.47. The predicted molar refractivity (Wildman–Crippen MR) is 70.9 cm³/mol. The Morgan fingerprint density at radius 3 is 2.72 bits per heavy atom. The van der Waals surface area contributed by atoms with Gasteiger partial charge in [0.05, 0.1) is 0 Å². The van der Waals surface area contributed by atoms with Gasteiger partial charge in [-0.15, -0.1) is 0 Å². The van der Waals surface area contributed by atoms with E-state index in [9.17, 15) is 4.39 Å². The van der Waals surface area contributed by atoms with E-state index in [4.69, 9.17) is 11.6 Å². The average molecular weight is 265 g/mol. The summed E-state index contributed by atoms with van der Waals surface area (Å²) in [5, 5.41) is 3.80. The second-order valence-corrected chi connectivity index (χ2v) is 4.56. The highest BCUT2D eigenvalue weighted by molar-refractivity contribution is 6.30. The van der Waals surface area contributed by atoms with E-state index in [1.807, 2.05) is 19.1 Å². The molecule has 2 rings (SSSR count). The molecule has 1 aromatic carbocycles. The van der Waals surface area contributed by atoms with Crippen LogP contribution >= 0.6 is 11.6 Å². The van der Waals surface area contributed by atoms with Crippen molar-refractivity contribution in [2.75, 3.05) is 0 Å². The molecule has 1 atom stereocenters. The maximum Gasteiger partial charge on any atom is 0.127 e. The summed E-state index contributed by atoms with van der Waals surface area (Å²) in [5.41, 5.74) is 1.69. The molecule has 0 fully saturated rings. The van der Waals surface area contributed by atoms with Gasteiger partial charge in [0.2, 0.25) is 0 Å². The molecule has 0 unspecified atom stereocenters. The van der Waals surface area contributed by atoms with Gasteiger partial charge >= 0.3 is 0 Å². The minimum absolute atomic E-state index is 0.131. The Morgan fingerprint density at radius 2 is 2.00 bits per heavy atom. The number of nitrogens with zero attached hydrogens (tertiary/aromatic N) is 1. The van der Waals surface area contributed by atoms with E-state index in [2.05, 4.69) is 10.3 Å². The minimum Gasteiger partial charge on any atom is -0.306 e. The summed E-state index contributed by atoms with van der Waals surface area (Å²) in [7, 11) is 0. The van der Waals surface area contributed by atoms with E-state index < -0.39 is 0 Å². The highest BCUT2D eigenvalue weighted by Crippen LogP contribution is 2.16. The Labute approximate surface area is 111 Å². The quantitative estimate of drug-likeness (QED) is 0.910. The normalized spacial score (nSPS) is 12.4. The average Bonchev–Trinajstić information content (AvgIpc) is 2.40. The summed E-state index contributed by atoms with van der Waals surface area (Å²) in [6, 6.07) is 8.58. The minimum atomic E-state index is -0.242. The lowest BCUT2D eigenvalue weighted by atomic mass is 10.1. The van der Waals surface area contributed by atoms with Crippen molar-refractivity contribution in [3.63, 3.8) is 0 Å². The number of hydrogen-bond acceptors (Lipinski definition) is 2. The fraction of sp³-hybridized carbons (Fsp3) is 0.214. The maximum atomic E-state index is 13.5. The lowest BCUT2D eigenvalue weighted by Crippen LogP contribution is -2.18.